The van der Waals surface area contributed by atoms with Gasteiger partial charge in [-0.2, -0.15) is 0 Å². The molecule has 0 spiro atoms. The van der Waals surface area contributed by atoms with E-state index in [1.54, 1.807) is 0 Å². The van der Waals surface area contributed by atoms with Crippen LogP contribution < -0.4 is 10.4 Å². The molecule has 8 aromatic rings. The summed E-state index contributed by atoms with van der Waals surface area (Å²) in [5, 5.41) is 13.1. The first kappa shape index (κ1) is 24.0. The molecule has 0 aliphatic carbocycles. The molecule has 0 aliphatic rings. The maximum atomic E-state index is 2.56. The Kier molecular flexibility index (Phi) is 5.30. The highest BCUT2D eigenvalue weighted by Gasteiger charge is 2.22. The van der Waals surface area contributed by atoms with Gasteiger partial charge in [-0.3, -0.25) is 0 Å². The minimum Gasteiger partial charge on any atom is -0.308 e. The number of fused-ring (bicyclic) bond motifs is 4. The molecule has 0 amide bonds. The summed E-state index contributed by atoms with van der Waals surface area (Å²) in [5.41, 5.74) is 6.34. The van der Waals surface area contributed by atoms with E-state index < -0.39 is 0 Å². The van der Waals surface area contributed by atoms with Crippen LogP contribution in [0, 0.1) is 5.92 Å². The first-order chi connectivity index (χ1) is 20.2. The summed E-state index contributed by atoms with van der Waals surface area (Å²) >= 11 is 0. The highest BCUT2D eigenvalue weighted by molar-refractivity contribution is 6.34. The molecule has 0 aliphatic heterocycles. The van der Waals surface area contributed by atoms with Crippen molar-refractivity contribution < 1.29 is 0 Å². The molecule has 0 unspecified atom stereocenters. The van der Waals surface area contributed by atoms with Gasteiger partial charge in [0, 0.05) is 21.4 Å². The van der Waals surface area contributed by atoms with Crippen molar-refractivity contribution in [3.63, 3.8) is 0 Å². The Labute approximate surface area is 239 Å². The lowest BCUT2D eigenvalue weighted by Gasteiger charge is -2.18. The summed E-state index contributed by atoms with van der Waals surface area (Å²) < 4.78 is 2.56. The van der Waals surface area contributed by atoms with Crippen molar-refractivity contribution in [3.05, 3.63) is 126 Å². The number of rotatable bonds is 3. The highest BCUT2D eigenvalue weighted by Crippen LogP contribution is 2.44. The summed E-state index contributed by atoms with van der Waals surface area (Å²) in [6.45, 7) is 6.76. The first-order valence-electron chi connectivity index (χ1n) is 14.6. The Balaban J connectivity index is 1.68. The predicted octanol–water partition coefficient (Wildman–Crippen LogP) is 9.58. The van der Waals surface area contributed by atoms with E-state index in [2.05, 4.69) is 153 Å². The van der Waals surface area contributed by atoms with Crippen LogP contribution in [0.1, 0.15) is 20.8 Å². The predicted molar refractivity (Wildman–Crippen MR) is 179 cm³/mol. The molecule has 196 valence electrons. The van der Waals surface area contributed by atoms with E-state index in [1.807, 2.05) is 0 Å². The Bertz CT molecular complexity index is 2300. The molecule has 0 bridgehead atoms. The number of hydrogen-bond donors (Lipinski definition) is 0. The normalized spacial score (nSPS) is 13.3. The van der Waals surface area contributed by atoms with Crippen molar-refractivity contribution >= 4 is 66.3 Å². The largest absolute Gasteiger partial charge is 0.308 e. The molecule has 1 aromatic heterocycles. The number of aromatic nitrogens is 1. The lowest BCUT2D eigenvalue weighted by atomic mass is 9.92. The quantitative estimate of drug-likeness (QED) is 0.202. The van der Waals surface area contributed by atoms with Crippen molar-refractivity contribution in [1.29, 1.82) is 0 Å². The van der Waals surface area contributed by atoms with Crippen LogP contribution in [-0.4, -0.2) is 4.57 Å². The number of hydrogen-bond acceptors (Lipinski definition) is 0. The molecule has 0 saturated heterocycles. The van der Waals surface area contributed by atoms with Gasteiger partial charge in [-0.05, 0) is 68.3 Å². The second-order valence-electron chi connectivity index (χ2n) is 11.4. The van der Waals surface area contributed by atoms with E-state index in [4.69, 9.17) is 0 Å². The Morgan fingerprint density at radius 2 is 1.02 bits per heavy atom. The fourth-order valence-corrected chi connectivity index (χ4v) is 7.17. The monoisotopic (exact) mass is 525 g/mol. The minimum absolute atomic E-state index is 0.386. The third kappa shape index (κ3) is 3.36. The summed E-state index contributed by atoms with van der Waals surface area (Å²) in [7, 11) is 0. The summed E-state index contributed by atoms with van der Waals surface area (Å²) in [6, 6.07) is 42.4. The van der Waals surface area contributed by atoms with Gasteiger partial charge in [-0.25, -0.2) is 0 Å². The summed E-state index contributed by atoms with van der Waals surface area (Å²) in [5.74, 6) is 0.386. The topological polar surface area (TPSA) is 4.93 Å². The molecular weight excluding hydrogens is 494 g/mol. The fraction of sp³-hybridized carbons (Fsp3) is 0.100. The second-order valence-corrected chi connectivity index (χ2v) is 11.4. The lowest BCUT2D eigenvalue weighted by molar-refractivity contribution is 0.879. The van der Waals surface area contributed by atoms with Crippen molar-refractivity contribution in [2.75, 3.05) is 0 Å². The molecular formula is C40H31N. The average molecular weight is 526 g/mol. The third-order valence-electron chi connectivity index (χ3n) is 8.67. The third-order valence-corrected chi connectivity index (χ3v) is 8.67. The number of nitrogens with zero attached hydrogens (tertiary/aromatic N) is 1. The van der Waals surface area contributed by atoms with Gasteiger partial charge in [-0.15, -0.1) is 0 Å². The van der Waals surface area contributed by atoms with Crippen LogP contribution in [0.25, 0.3) is 83.1 Å². The fourth-order valence-electron chi connectivity index (χ4n) is 7.17. The molecule has 0 N–H and O–H groups in total. The van der Waals surface area contributed by atoms with Gasteiger partial charge in [0.15, 0.2) is 0 Å². The molecule has 0 fully saturated rings. The first-order valence-corrected chi connectivity index (χ1v) is 14.6. The Morgan fingerprint density at radius 1 is 0.512 bits per heavy atom. The van der Waals surface area contributed by atoms with Crippen LogP contribution >= 0.6 is 0 Å². The van der Waals surface area contributed by atoms with Crippen LogP contribution in [0.15, 0.2) is 115 Å². The van der Waals surface area contributed by atoms with Crippen molar-refractivity contribution in [2.45, 2.75) is 20.8 Å². The summed E-state index contributed by atoms with van der Waals surface area (Å²) in [4.78, 5) is 0. The van der Waals surface area contributed by atoms with Crippen molar-refractivity contribution in [3.8, 4) is 16.8 Å². The Hall–Kier alpha value is -4.88. The number of benzene rings is 7. The molecule has 0 radical (unpaired) electrons. The van der Waals surface area contributed by atoms with Gasteiger partial charge >= 0.3 is 0 Å². The van der Waals surface area contributed by atoms with Crippen LogP contribution in [0.2, 0.25) is 0 Å². The van der Waals surface area contributed by atoms with E-state index in [0.717, 1.165) is 0 Å². The second kappa shape index (κ2) is 9.08. The lowest BCUT2D eigenvalue weighted by Crippen LogP contribution is -2.32. The molecule has 0 saturated carbocycles. The van der Waals surface area contributed by atoms with Gasteiger partial charge in [0.1, 0.15) is 0 Å². The van der Waals surface area contributed by atoms with E-state index in [9.17, 15) is 0 Å². The van der Waals surface area contributed by atoms with Crippen LogP contribution in [0.3, 0.4) is 0 Å². The van der Waals surface area contributed by atoms with Gasteiger partial charge in [0.25, 0.3) is 0 Å². The zero-order valence-corrected chi connectivity index (χ0v) is 23.6. The van der Waals surface area contributed by atoms with Gasteiger partial charge in [0.2, 0.25) is 0 Å². The van der Waals surface area contributed by atoms with Gasteiger partial charge in [-0.1, -0.05) is 129 Å². The maximum Gasteiger partial charge on any atom is 0.0616 e. The smallest absolute Gasteiger partial charge is 0.0616 e. The standard InChI is InChI=1S/C40H31N/c1-4-27-34(24-25(2)3)40(33-19-11-10-18-32(33)37(27)26-14-6-5-7-15-26)41-35-22-12-20-30-28-16-8-9-17-29(28)31-21-13-23-36(41)39(31)38(30)35/h4-25H,1-3H3/b27-4+,34-24+. The van der Waals surface area contributed by atoms with E-state index in [1.165, 1.54) is 81.4 Å². The molecule has 41 heavy (non-hydrogen) atoms. The molecule has 8 rings (SSSR count). The molecule has 0 atom stereocenters. The van der Waals surface area contributed by atoms with Crippen molar-refractivity contribution in [1.82, 2.24) is 4.57 Å². The van der Waals surface area contributed by atoms with Crippen LogP contribution in [-0.2, 0) is 0 Å². The molecule has 1 heteroatoms. The average Bonchev–Trinajstić information content (AvgIpc) is 3.35. The Morgan fingerprint density at radius 3 is 1.59 bits per heavy atom. The van der Waals surface area contributed by atoms with Crippen LogP contribution in [0.4, 0.5) is 0 Å². The zero-order chi connectivity index (χ0) is 27.7. The maximum absolute atomic E-state index is 2.56. The van der Waals surface area contributed by atoms with Gasteiger partial charge in [0.05, 0.1) is 16.7 Å². The van der Waals surface area contributed by atoms with E-state index in [0.29, 0.717) is 5.92 Å². The molecule has 1 heterocycles. The molecule has 1 nitrogen and oxygen atoms in total. The van der Waals surface area contributed by atoms with Crippen LogP contribution in [0.5, 0.6) is 0 Å². The SMILES string of the molecule is C/C=c1/c(-c2ccccc2)c2ccccc2c(-n2c3cccc4c5ccccc5c5cccc2c5c43)/c1=C/C(C)C. The van der Waals surface area contributed by atoms with E-state index in [-0.39, 0.29) is 0 Å². The van der Waals surface area contributed by atoms with Crippen molar-refractivity contribution in [2.24, 2.45) is 5.92 Å². The molecule has 7 aromatic carbocycles. The van der Waals surface area contributed by atoms with E-state index >= 15 is 0 Å². The minimum atomic E-state index is 0.386. The highest BCUT2D eigenvalue weighted by atomic mass is 15.0. The summed E-state index contributed by atoms with van der Waals surface area (Å²) in [6.07, 6.45) is 4.77. The van der Waals surface area contributed by atoms with Gasteiger partial charge < -0.3 is 4.57 Å². The zero-order valence-electron chi connectivity index (χ0n) is 23.6.